The highest BCUT2D eigenvalue weighted by Crippen LogP contribution is 2.31. The number of esters is 1. The standard InChI is InChI=1S/C22H34FN2O4P/c1-14(2)12-29-21(28)15(3)18(27)20(22(4,5)6)24(7)25(13-26)11-16-9-8-10-17(23)19(16)30/h8-10,13-14,20,27H,11-12,30H2,1-7H3/b18-15-. The molecular weight excluding hydrogens is 406 g/mol. The molecule has 0 fully saturated rings. The quantitative estimate of drug-likeness (QED) is 0.159. The normalized spacial score (nSPS) is 13.8. The van der Waals surface area contributed by atoms with Crippen LogP contribution in [0.25, 0.3) is 0 Å². The van der Waals surface area contributed by atoms with Crippen LogP contribution in [-0.2, 0) is 20.9 Å². The summed E-state index contributed by atoms with van der Waals surface area (Å²) in [7, 11) is 3.99. The van der Waals surface area contributed by atoms with Crippen molar-refractivity contribution in [2.24, 2.45) is 11.3 Å². The Morgan fingerprint density at radius 1 is 1.33 bits per heavy atom. The summed E-state index contributed by atoms with van der Waals surface area (Å²) in [5, 5.41) is 14.2. The third-order valence-electron chi connectivity index (χ3n) is 4.69. The van der Waals surface area contributed by atoms with Gasteiger partial charge in [0, 0.05) is 12.4 Å². The van der Waals surface area contributed by atoms with E-state index in [0.717, 1.165) is 0 Å². The Morgan fingerprint density at radius 2 is 1.93 bits per heavy atom. The molecular formula is C22H34FN2O4P. The van der Waals surface area contributed by atoms with Gasteiger partial charge in [-0.2, -0.15) is 0 Å². The molecule has 0 spiro atoms. The summed E-state index contributed by atoms with van der Waals surface area (Å²) >= 11 is 0. The first-order chi connectivity index (χ1) is 13.8. The van der Waals surface area contributed by atoms with E-state index in [0.29, 0.717) is 17.3 Å². The number of halogens is 1. The van der Waals surface area contributed by atoms with E-state index >= 15 is 0 Å². The fourth-order valence-corrected chi connectivity index (χ4v) is 3.36. The van der Waals surface area contributed by atoms with Crippen molar-refractivity contribution in [1.29, 1.82) is 0 Å². The summed E-state index contributed by atoms with van der Waals surface area (Å²) in [6, 6.07) is 3.95. The third-order valence-corrected chi connectivity index (χ3v) is 5.34. The van der Waals surface area contributed by atoms with Crippen molar-refractivity contribution in [3.63, 3.8) is 0 Å². The van der Waals surface area contributed by atoms with Crippen molar-refractivity contribution < 1.29 is 23.8 Å². The molecule has 1 rings (SSSR count). The second-order valence-electron chi connectivity index (χ2n) is 8.86. The lowest BCUT2D eigenvalue weighted by Crippen LogP contribution is -2.52. The van der Waals surface area contributed by atoms with Crippen LogP contribution < -0.4 is 5.30 Å². The van der Waals surface area contributed by atoms with Crippen molar-refractivity contribution >= 4 is 26.9 Å². The fraction of sp³-hybridized carbons (Fsp3) is 0.545. The highest BCUT2D eigenvalue weighted by atomic mass is 31.0. The molecule has 0 saturated heterocycles. The lowest BCUT2D eigenvalue weighted by molar-refractivity contribution is -0.142. The number of hydrazine groups is 1. The molecule has 0 saturated carbocycles. The van der Waals surface area contributed by atoms with Crippen LogP contribution in [0.1, 0.15) is 47.1 Å². The molecule has 0 bridgehead atoms. The number of rotatable bonds is 9. The smallest absolute Gasteiger partial charge is 0.337 e. The average molecular weight is 440 g/mol. The van der Waals surface area contributed by atoms with Crippen molar-refractivity contribution in [1.82, 2.24) is 10.0 Å². The molecule has 0 radical (unpaired) electrons. The van der Waals surface area contributed by atoms with Crippen LogP contribution in [0.5, 0.6) is 0 Å². The summed E-state index contributed by atoms with van der Waals surface area (Å²) in [5.74, 6) is -0.984. The summed E-state index contributed by atoms with van der Waals surface area (Å²) < 4.78 is 19.1. The predicted octanol–water partition coefficient (Wildman–Crippen LogP) is 3.58. The maximum Gasteiger partial charge on any atom is 0.337 e. The molecule has 0 aliphatic carbocycles. The molecule has 6 nitrogen and oxygen atoms in total. The monoisotopic (exact) mass is 440 g/mol. The molecule has 0 aliphatic rings. The number of carbonyl (C=O) groups is 2. The number of hydrogen-bond acceptors (Lipinski definition) is 5. The van der Waals surface area contributed by atoms with Crippen molar-refractivity contribution in [3.05, 3.63) is 40.9 Å². The molecule has 0 aliphatic heterocycles. The van der Waals surface area contributed by atoms with Crippen LogP contribution in [0.15, 0.2) is 29.5 Å². The second kappa shape index (κ2) is 10.9. The van der Waals surface area contributed by atoms with Crippen LogP contribution in [0.2, 0.25) is 0 Å². The summed E-state index contributed by atoms with van der Waals surface area (Å²) in [4.78, 5) is 24.2. The number of carbonyl (C=O) groups excluding carboxylic acids is 2. The molecule has 0 aromatic heterocycles. The average Bonchev–Trinajstić information content (AvgIpc) is 2.65. The summed E-state index contributed by atoms with van der Waals surface area (Å²) in [6.45, 7) is 11.4. The minimum absolute atomic E-state index is 0.0887. The van der Waals surface area contributed by atoms with Gasteiger partial charge < -0.3 is 9.84 Å². The Kier molecular flexibility index (Phi) is 9.44. The molecule has 2 unspecified atom stereocenters. The van der Waals surface area contributed by atoms with Crippen molar-refractivity contribution in [2.45, 2.75) is 54.1 Å². The Balaban J connectivity index is 3.25. The van der Waals surface area contributed by atoms with Gasteiger partial charge in [0.2, 0.25) is 6.41 Å². The molecule has 2 atom stereocenters. The number of nitrogens with zero attached hydrogens (tertiary/aromatic N) is 2. The van der Waals surface area contributed by atoms with E-state index < -0.39 is 17.4 Å². The zero-order chi connectivity index (χ0) is 23.2. The largest absolute Gasteiger partial charge is 0.510 e. The van der Waals surface area contributed by atoms with Crippen LogP contribution in [0, 0.1) is 17.2 Å². The lowest BCUT2D eigenvalue weighted by Gasteiger charge is -2.42. The van der Waals surface area contributed by atoms with Gasteiger partial charge in [0.25, 0.3) is 0 Å². The van der Waals surface area contributed by atoms with E-state index in [1.54, 1.807) is 24.2 Å². The molecule has 168 valence electrons. The fourth-order valence-electron chi connectivity index (χ4n) is 3.07. The topological polar surface area (TPSA) is 70.1 Å². The number of amides is 1. The molecule has 8 heteroatoms. The number of ether oxygens (including phenoxy) is 1. The van der Waals surface area contributed by atoms with Gasteiger partial charge in [0.05, 0.1) is 24.8 Å². The van der Waals surface area contributed by atoms with E-state index in [4.69, 9.17) is 4.74 Å². The molecule has 0 heterocycles. The van der Waals surface area contributed by atoms with Crippen LogP contribution in [0.3, 0.4) is 0 Å². The van der Waals surface area contributed by atoms with Gasteiger partial charge in [-0.25, -0.2) is 14.2 Å². The van der Waals surface area contributed by atoms with E-state index in [9.17, 15) is 19.1 Å². The van der Waals surface area contributed by atoms with Crippen molar-refractivity contribution in [2.75, 3.05) is 13.7 Å². The van der Waals surface area contributed by atoms with Gasteiger partial charge in [-0.15, -0.1) is 9.24 Å². The SMILES string of the molecule is C/C(C(=O)OCC(C)C)=C(/O)C(N(C)N(C=O)Cc1cccc(F)c1P)C(C)(C)C. The number of aliphatic hydroxyl groups is 1. The minimum atomic E-state index is -0.698. The van der Waals surface area contributed by atoms with Gasteiger partial charge in [0.1, 0.15) is 11.6 Å². The van der Waals surface area contributed by atoms with Gasteiger partial charge in [-0.1, -0.05) is 46.8 Å². The minimum Gasteiger partial charge on any atom is -0.510 e. The van der Waals surface area contributed by atoms with Gasteiger partial charge in [-0.3, -0.25) is 9.80 Å². The maximum absolute atomic E-state index is 13.9. The first-order valence-electron chi connectivity index (χ1n) is 9.85. The Labute approximate surface area is 181 Å². The van der Waals surface area contributed by atoms with Crippen molar-refractivity contribution in [3.8, 4) is 0 Å². The lowest BCUT2D eigenvalue weighted by atomic mass is 9.84. The zero-order valence-electron chi connectivity index (χ0n) is 18.9. The predicted molar refractivity (Wildman–Crippen MR) is 119 cm³/mol. The molecule has 30 heavy (non-hydrogen) atoms. The number of likely N-dealkylation sites (N-methyl/N-ethyl adjacent to an activating group) is 1. The highest BCUT2D eigenvalue weighted by molar-refractivity contribution is 7.27. The summed E-state index contributed by atoms with van der Waals surface area (Å²) in [6.07, 6.45) is 0.619. The Bertz CT molecular complexity index is 790. The highest BCUT2D eigenvalue weighted by Gasteiger charge is 2.37. The molecule has 1 aromatic carbocycles. The maximum atomic E-state index is 13.9. The first-order valence-corrected chi connectivity index (χ1v) is 10.4. The van der Waals surface area contributed by atoms with Crippen LogP contribution in [0.4, 0.5) is 4.39 Å². The molecule has 1 amide bonds. The zero-order valence-corrected chi connectivity index (χ0v) is 20.1. The second-order valence-corrected chi connectivity index (χ2v) is 9.44. The molecule has 1 N–H and O–H groups in total. The van der Waals surface area contributed by atoms with E-state index in [2.05, 4.69) is 9.24 Å². The number of hydrogen-bond donors (Lipinski definition) is 1. The van der Waals surface area contributed by atoms with E-state index in [-0.39, 0.29) is 36.2 Å². The van der Waals surface area contributed by atoms with Gasteiger partial charge in [0.15, 0.2) is 0 Å². The number of aliphatic hydroxyl groups excluding tert-OH is 1. The number of benzene rings is 1. The van der Waals surface area contributed by atoms with E-state index in [1.807, 2.05) is 34.6 Å². The third kappa shape index (κ3) is 6.78. The Hall–Kier alpha value is -1.98. The van der Waals surface area contributed by atoms with Gasteiger partial charge in [-0.05, 0) is 29.9 Å². The molecule has 1 aromatic rings. The van der Waals surface area contributed by atoms with Crippen LogP contribution >= 0.6 is 9.24 Å². The van der Waals surface area contributed by atoms with Gasteiger partial charge >= 0.3 is 5.97 Å². The van der Waals surface area contributed by atoms with E-state index in [1.165, 1.54) is 18.0 Å². The first kappa shape index (κ1) is 26.1. The Morgan fingerprint density at radius 3 is 2.43 bits per heavy atom. The van der Waals surface area contributed by atoms with Crippen LogP contribution in [-0.4, -0.2) is 47.2 Å². The summed E-state index contributed by atoms with van der Waals surface area (Å²) in [5.41, 5.74) is 0.166.